The Kier molecular flexibility index (Phi) is 4.20. The van der Waals surface area contributed by atoms with Gasteiger partial charge in [-0.1, -0.05) is 42.5 Å². The van der Waals surface area contributed by atoms with Crippen LogP contribution in [0.1, 0.15) is 12.0 Å². The number of non-ortho nitro benzene ring substituents is 1. The molecule has 0 N–H and O–H groups in total. The third-order valence-corrected chi connectivity index (χ3v) is 4.01. The molecule has 0 aromatic heterocycles. The van der Waals surface area contributed by atoms with E-state index >= 15 is 0 Å². The first-order chi connectivity index (χ1) is 11.5. The molecule has 0 aliphatic heterocycles. The summed E-state index contributed by atoms with van der Waals surface area (Å²) < 4.78 is 0. The highest BCUT2D eigenvalue weighted by molar-refractivity contribution is 5.51. The van der Waals surface area contributed by atoms with Crippen molar-refractivity contribution in [1.29, 1.82) is 0 Å². The van der Waals surface area contributed by atoms with Gasteiger partial charge in [0.15, 0.2) is 0 Å². The number of allylic oxidation sites excluding steroid dienone is 9. The van der Waals surface area contributed by atoms with E-state index in [0.29, 0.717) is 18.4 Å². The normalized spacial score (nSPS) is 16.2. The van der Waals surface area contributed by atoms with Gasteiger partial charge in [-0.05, 0) is 23.1 Å². The third-order valence-electron chi connectivity index (χ3n) is 4.01. The molecule has 6 heteroatoms. The predicted molar refractivity (Wildman–Crippen MR) is 89.9 cm³/mol. The average molecular weight is 322 g/mol. The fraction of sp³-hybridized carbons (Fsp3) is 0.111. The predicted octanol–water partition coefficient (Wildman–Crippen LogP) is 4.05. The zero-order valence-electron chi connectivity index (χ0n) is 12.7. The van der Waals surface area contributed by atoms with Crippen LogP contribution in [0.3, 0.4) is 0 Å². The molecule has 0 radical (unpaired) electrons. The maximum absolute atomic E-state index is 11.2. The second-order valence-corrected chi connectivity index (χ2v) is 5.55. The van der Waals surface area contributed by atoms with Gasteiger partial charge in [-0.15, -0.1) is 0 Å². The maximum atomic E-state index is 11.2. The molecule has 0 spiro atoms. The van der Waals surface area contributed by atoms with Gasteiger partial charge in [0.2, 0.25) is 0 Å². The van der Waals surface area contributed by atoms with Crippen molar-refractivity contribution in [3.63, 3.8) is 0 Å². The first kappa shape index (κ1) is 15.6. The molecule has 2 bridgehead atoms. The van der Waals surface area contributed by atoms with Gasteiger partial charge in [-0.2, -0.15) is 0 Å². The van der Waals surface area contributed by atoms with Crippen LogP contribution in [0, 0.1) is 20.2 Å². The molecule has 1 aromatic rings. The molecule has 6 nitrogen and oxygen atoms in total. The lowest BCUT2D eigenvalue weighted by atomic mass is 9.94. The molecule has 2 aliphatic rings. The number of hydrogen-bond donors (Lipinski definition) is 0. The number of fused-ring (bicyclic) bond motifs is 2. The van der Waals surface area contributed by atoms with E-state index in [1.54, 1.807) is 30.4 Å². The number of hydrogen-bond acceptors (Lipinski definition) is 4. The Balaban J connectivity index is 1.93. The van der Waals surface area contributed by atoms with Crippen molar-refractivity contribution in [1.82, 2.24) is 0 Å². The first-order valence-electron chi connectivity index (χ1n) is 7.40. The van der Waals surface area contributed by atoms with E-state index in [4.69, 9.17) is 0 Å². The summed E-state index contributed by atoms with van der Waals surface area (Å²) in [6.07, 6.45) is 11.8. The van der Waals surface area contributed by atoms with Gasteiger partial charge in [0, 0.05) is 30.2 Å². The molecule has 24 heavy (non-hydrogen) atoms. The van der Waals surface area contributed by atoms with Gasteiger partial charge >= 0.3 is 0 Å². The lowest BCUT2D eigenvalue weighted by Gasteiger charge is -2.10. The Labute approximate surface area is 138 Å². The Morgan fingerprint density at radius 2 is 1.50 bits per heavy atom. The number of benzene rings is 1. The SMILES string of the molecule is O=[N+]([O-])C1=CC=C(Cc2ccc([N+](=O)[O-])cc2)C2=CC=CC=C1C2. The Bertz CT molecular complexity index is 856. The molecule has 0 unspecified atom stereocenters. The van der Waals surface area contributed by atoms with Crippen LogP contribution in [0.4, 0.5) is 5.69 Å². The van der Waals surface area contributed by atoms with Gasteiger partial charge in [-0.25, -0.2) is 0 Å². The van der Waals surface area contributed by atoms with Crippen molar-refractivity contribution < 1.29 is 9.85 Å². The zero-order valence-corrected chi connectivity index (χ0v) is 12.7. The van der Waals surface area contributed by atoms with Crippen molar-refractivity contribution in [3.05, 3.63) is 109 Å². The maximum Gasteiger partial charge on any atom is 0.272 e. The number of nitro benzene ring substituents is 1. The van der Waals surface area contributed by atoms with E-state index in [2.05, 4.69) is 0 Å². The van der Waals surface area contributed by atoms with Crippen LogP contribution in [0.5, 0.6) is 0 Å². The van der Waals surface area contributed by atoms with E-state index in [1.807, 2.05) is 12.2 Å². The minimum absolute atomic E-state index is 0.0472. The van der Waals surface area contributed by atoms with Crippen LogP contribution in [-0.2, 0) is 6.42 Å². The van der Waals surface area contributed by atoms with Crippen molar-refractivity contribution >= 4 is 5.69 Å². The fourth-order valence-corrected chi connectivity index (χ4v) is 2.76. The number of nitrogens with zero attached hydrogens (tertiary/aromatic N) is 2. The lowest BCUT2D eigenvalue weighted by molar-refractivity contribution is -0.420. The van der Waals surface area contributed by atoms with Crippen molar-refractivity contribution in [2.75, 3.05) is 0 Å². The van der Waals surface area contributed by atoms with E-state index in [9.17, 15) is 20.2 Å². The Morgan fingerprint density at radius 1 is 0.833 bits per heavy atom. The standard InChI is InChI=1S/C18H14N2O4/c21-19(22)17-8-5-13(6-9-17)11-15-7-10-18(20(23)24)16-4-2-1-3-14(15)12-16/h1-10H,11-12H2. The highest BCUT2D eigenvalue weighted by Crippen LogP contribution is 2.32. The fourth-order valence-electron chi connectivity index (χ4n) is 2.76. The second-order valence-electron chi connectivity index (χ2n) is 5.55. The minimum Gasteiger partial charge on any atom is -0.258 e. The Hall–Kier alpha value is -3.28. The van der Waals surface area contributed by atoms with Crippen molar-refractivity contribution in [2.45, 2.75) is 12.8 Å². The highest BCUT2D eigenvalue weighted by Gasteiger charge is 2.22. The molecular formula is C18H14N2O4. The van der Waals surface area contributed by atoms with Gasteiger partial charge in [-0.3, -0.25) is 20.2 Å². The molecule has 1 aromatic carbocycles. The molecule has 0 heterocycles. The topological polar surface area (TPSA) is 86.3 Å². The summed E-state index contributed by atoms with van der Waals surface area (Å²) in [5.41, 5.74) is 3.73. The lowest BCUT2D eigenvalue weighted by Crippen LogP contribution is -2.02. The largest absolute Gasteiger partial charge is 0.272 e. The van der Waals surface area contributed by atoms with Crippen LogP contribution in [0.15, 0.2) is 83.1 Å². The number of rotatable bonds is 4. The van der Waals surface area contributed by atoms with Crippen LogP contribution in [-0.4, -0.2) is 9.85 Å². The van der Waals surface area contributed by atoms with Crippen LogP contribution in [0.2, 0.25) is 0 Å². The van der Waals surface area contributed by atoms with E-state index < -0.39 is 4.92 Å². The smallest absolute Gasteiger partial charge is 0.258 e. The summed E-state index contributed by atoms with van der Waals surface area (Å²) in [7, 11) is 0. The molecule has 0 atom stereocenters. The van der Waals surface area contributed by atoms with Crippen LogP contribution < -0.4 is 0 Å². The van der Waals surface area contributed by atoms with Gasteiger partial charge < -0.3 is 0 Å². The van der Waals surface area contributed by atoms with Gasteiger partial charge in [0.25, 0.3) is 11.4 Å². The molecule has 0 saturated heterocycles. The minimum atomic E-state index is -0.434. The van der Waals surface area contributed by atoms with Crippen LogP contribution in [0.25, 0.3) is 0 Å². The van der Waals surface area contributed by atoms with E-state index in [1.165, 1.54) is 18.2 Å². The molecule has 0 fully saturated rings. The monoisotopic (exact) mass is 322 g/mol. The van der Waals surface area contributed by atoms with E-state index in [-0.39, 0.29) is 16.3 Å². The molecule has 0 amide bonds. The summed E-state index contributed by atoms with van der Waals surface area (Å²) in [6, 6.07) is 6.37. The first-order valence-corrected chi connectivity index (χ1v) is 7.40. The number of nitro groups is 2. The summed E-state index contributed by atoms with van der Waals surface area (Å²) >= 11 is 0. The highest BCUT2D eigenvalue weighted by atomic mass is 16.6. The van der Waals surface area contributed by atoms with Crippen molar-refractivity contribution in [2.24, 2.45) is 0 Å². The summed E-state index contributed by atoms with van der Waals surface area (Å²) in [6.45, 7) is 0. The molecule has 3 rings (SSSR count). The second kappa shape index (κ2) is 6.45. The van der Waals surface area contributed by atoms with Crippen molar-refractivity contribution in [3.8, 4) is 0 Å². The molecule has 120 valence electrons. The van der Waals surface area contributed by atoms with Gasteiger partial charge in [0.1, 0.15) is 0 Å². The molecular weight excluding hydrogens is 308 g/mol. The van der Waals surface area contributed by atoms with E-state index in [0.717, 1.165) is 16.7 Å². The summed E-state index contributed by atoms with van der Waals surface area (Å²) in [5.74, 6) is 0. The summed E-state index contributed by atoms with van der Waals surface area (Å²) in [4.78, 5) is 21.2. The molecule has 0 saturated carbocycles. The summed E-state index contributed by atoms with van der Waals surface area (Å²) in [5, 5.41) is 22.0. The van der Waals surface area contributed by atoms with Gasteiger partial charge in [0.05, 0.1) is 9.85 Å². The molecule has 2 aliphatic carbocycles. The quantitative estimate of drug-likeness (QED) is 0.618. The Morgan fingerprint density at radius 3 is 2.12 bits per heavy atom. The zero-order chi connectivity index (χ0) is 17.1. The third kappa shape index (κ3) is 3.22. The van der Waals surface area contributed by atoms with Crippen LogP contribution >= 0.6 is 0 Å². The average Bonchev–Trinajstić information content (AvgIpc) is 2.89.